The van der Waals surface area contributed by atoms with Crippen LogP contribution >= 0.6 is 11.3 Å². The second-order valence-corrected chi connectivity index (χ2v) is 8.77. The number of carbonyl (C=O) groups excluding carboxylic acids is 1. The summed E-state index contributed by atoms with van der Waals surface area (Å²) in [7, 11) is 1.65. The van der Waals surface area contributed by atoms with Crippen molar-refractivity contribution in [2.75, 3.05) is 43.6 Å². The molecule has 1 amide bonds. The van der Waals surface area contributed by atoms with Crippen LogP contribution in [-0.4, -0.2) is 59.9 Å². The molecule has 9 nitrogen and oxygen atoms in total. The molecule has 0 radical (unpaired) electrons. The third-order valence-corrected chi connectivity index (χ3v) is 6.66. The molecule has 3 saturated carbocycles. The highest BCUT2D eigenvalue weighted by atomic mass is 32.1. The van der Waals surface area contributed by atoms with Crippen molar-refractivity contribution in [3.63, 3.8) is 0 Å². The van der Waals surface area contributed by atoms with Crippen LogP contribution in [0, 0.1) is 17.3 Å². The fourth-order valence-electron chi connectivity index (χ4n) is 4.22. The summed E-state index contributed by atoms with van der Waals surface area (Å²) in [6.45, 7) is 1.77. The lowest BCUT2D eigenvalue weighted by atomic mass is 9.41. The van der Waals surface area contributed by atoms with Gasteiger partial charge in [-0.05, 0) is 19.3 Å². The predicted octanol–water partition coefficient (Wildman–Crippen LogP) is 2.35. The van der Waals surface area contributed by atoms with Crippen LogP contribution < -0.4 is 15.0 Å². The van der Waals surface area contributed by atoms with Crippen LogP contribution in [0.25, 0.3) is 0 Å². The van der Waals surface area contributed by atoms with E-state index in [0.29, 0.717) is 45.6 Å². The zero-order valence-corrected chi connectivity index (χ0v) is 16.9. The summed E-state index contributed by atoms with van der Waals surface area (Å²) in [5.41, 5.74) is -0.541. The Kier molecular flexibility index (Phi) is 4.60. The molecule has 1 aliphatic heterocycles. The highest BCUT2D eigenvalue weighted by Crippen LogP contribution is 2.69. The molecule has 4 aliphatic rings. The Labute approximate surface area is 174 Å². The van der Waals surface area contributed by atoms with E-state index in [4.69, 9.17) is 14.2 Å². The lowest BCUT2D eigenvalue weighted by molar-refractivity contribution is -0.260. The number of aromatic nitrogens is 3. The van der Waals surface area contributed by atoms with Crippen molar-refractivity contribution in [3.05, 3.63) is 18.1 Å². The normalized spacial score (nSPS) is 27.2. The number of ether oxygens (including phenoxy) is 3. The number of morpholine rings is 1. The van der Waals surface area contributed by atoms with Gasteiger partial charge >= 0.3 is 0 Å². The van der Waals surface area contributed by atoms with E-state index in [-0.39, 0.29) is 27.7 Å². The molecule has 2 aromatic heterocycles. The average molecular weight is 439 g/mol. The number of halogens is 2. The molecule has 12 heteroatoms. The van der Waals surface area contributed by atoms with Crippen molar-refractivity contribution in [1.82, 2.24) is 15.0 Å². The lowest BCUT2D eigenvalue weighted by Crippen LogP contribution is -2.72. The van der Waals surface area contributed by atoms with Gasteiger partial charge < -0.3 is 24.4 Å². The summed E-state index contributed by atoms with van der Waals surface area (Å²) in [6.07, 6.45) is 3.37. The standard InChI is InChI=1S/C18H19F2N5O4S/c1-27-18-7-17(8-18,9-18)14(26)24-16-21-6-10(30-16)29-11-12(19)22-15(23-13(11)20)25-2-4-28-5-3-25/h6H,2-5,7-9H2,1H3,(H,21,24,26). The van der Waals surface area contributed by atoms with Crippen molar-refractivity contribution in [1.29, 1.82) is 0 Å². The number of nitrogens with zero attached hydrogens (tertiary/aromatic N) is 4. The number of hydrogen-bond acceptors (Lipinski definition) is 9. The van der Waals surface area contributed by atoms with Gasteiger partial charge in [-0.1, -0.05) is 11.3 Å². The molecule has 30 heavy (non-hydrogen) atoms. The highest BCUT2D eigenvalue weighted by molar-refractivity contribution is 7.17. The van der Waals surface area contributed by atoms with Crippen molar-refractivity contribution in [2.45, 2.75) is 24.9 Å². The molecule has 6 rings (SSSR count). The van der Waals surface area contributed by atoms with E-state index < -0.39 is 23.1 Å². The quantitative estimate of drug-likeness (QED) is 0.685. The van der Waals surface area contributed by atoms with Crippen LogP contribution in [0.15, 0.2) is 6.20 Å². The Morgan fingerprint density at radius 1 is 1.23 bits per heavy atom. The van der Waals surface area contributed by atoms with Crippen LogP contribution in [-0.2, 0) is 14.3 Å². The van der Waals surface area contributed by atoms with E-state index in [1.165, 1.54) is 6.20 Å². The van der Waals surface area contributed by atoms with Crippen molar-refractivity contribution < 1.29 is 27.8 Å². The van der Waals surface area contributed by atoms with E-state index in [1.54, 1.807) is 12.0 Å². The van der Waals surface area contributed by atoms with Gasteiger partial charge in [0.15, 0.2) is 5.13 Å². The highest BCUT2D eigenvalue weighted by Gasteiger charge is 2.72. The molecule has 2 bridgehead atoms. The summed E-state index contributed by atoms with van der Waals surface area (Å²) in [5.74, 6) is -3.11. The Bertz CT molecular complexity index is 954. The number of thiazole rings is 1. The van der Waals surface area contributed by atoms with Gasteiger partial charge in [-0.25, -0.2) is 4.98 Å². The van der Waals surface area contributed by atoms with Crippen LogP contribution in [0.2, 0.25) is 0 Å². The molecule has 0 spiro atoms. The van der Waals surface area contributed by atoms with Gasteiger partial charge in [0.05, 0.1) is 30.4 Å². The largest absolute Gasteiger partial charge is 0.435 e. The number of nitrogens with one attached hydrogen (secondary N) is 1. The Morgan fingerprint density at radius 3 is 2.53 bits per heavy atom. The number of carbonyl (C=O) groups is 1. The molecule has 0 aromatic carbocycles. The molecule has 160 valence electrons. The molecule has 1 N–H and O–H groups in total. The second kappa shape index (κ2) is 7.06. The van der Waals surface area contributed by atoms with E-state index in [0.717, 1.165) is 11.3 Å². The van der Waals surface area contributed by atoms with E-state index in [9.17, 15) is 13.6 Å². The Morgan fingerprint density at radius 2 is 1.90 bits per heavy atom. The molecule has 0 atom stereocenters. The minimum atomic E-state index is -1.11. The first-order valence-electron chi connectivity index (χ1n) is 9.48. The molecule has 1 saturated heterocycles. The van der Waals surface area contributed by atoms with Gasteiger partial charge in [-0.15, -0.1) is 0 Å². The molecule has 0 unspecified atom stereocenters. The first-order chi connectivity index (χ1) is 14.4. The van der Waals surface area contributed by atoms with Crippen molar-refractivity contribution in [2.24, 2.45) is 5.41 Å². The lowest BCUT2D eigenvalue weighted by Gasteiger charge is -2.67. The first kappa shape index (κ1) is 19.5. The summed E-state index contributed by atoms with van der Waals surface area (Å²) >= 11 is 0.966. The van der Waals surface area contributed by atoms with E-state index >= 15 is 0 Å². The fraction of sp³-hybridized carbons (Fsp3) is 0.556. The number of anilines is 2. The minimum Gasteiger partial charge on any atom is -0.435 e. The van der Waals surface area contributed by atoms with Gasteiger partial charge in [0.1, 0.15) is 0 Å². The second-order valence-electron chi connectivity index (χ2n) is 7.77. The number of rotatable bonds is 6. The SMILES string of the molecule is COC12CC(C(=O)Nc3ncc(Oc4c(F)nc(N5CCOCC5)nc4F)s3)(C1)C2. The van der Waals surface area contributed by atoms with Crippen LogP contribution in [0.1, 0.15) is 19.3 Å². The maximum atomic E-state index is 14.4. The van der Waals surface area contributed by atoms with Gasteiger partial charge in [-0.2, -0.15) is 18.7 Å². The average Bonchev–Trinajstić information content (AvgIpc) is 3.10. The zero-order chi connectivity index (χ0) is 20.9. The molecular weight excluding hydrogens is 420 g/mol. The van der Waals surface area contributed by atoms with Crippen LogP contribution in [0.5, 0.6) is 10.8 Å². The summed E-state index contributed by atoms with van der Waals surface area (Å²) in [4.78, 5) is 25.6. The first-order valence-corrected chi connectivity index (χ1v) is 10.3. The van der Waals surface area contributed by atoms with Crippen LogP contribution in [0.4, 0.5) is 19.9 Å². The fourth-order valence-corrected chi connectivity index (χ4v) is 4.89. The van der Waals surface area contributed by atoms with Gasteiger partial charge in [0.2, 0.25) is 22.7 Å². The monoisotopic (exact) mass is 439 g/mol. The van der Waals surface area contributed by atoms with Crippen molar-refractivity contribution >= 4 is 28.3 Å². The maximum Gasteiger partial charge on any atom is 0.264 e. The third-order valence-electron chi connectivity index (χ3n) is 5.87. The Hall–Kier alpha value is -2.44. The predicted molar refractivity (Wildman–Crippen MR) is 102 cm³/mol. The van der Waals surface area contributed by atoms with E-state index in [2.05, 4.69) is 20.3 Å². The Balaban J connectivity index is 1.24. The van der Waals surface area contributed by atoms with Gasteiger partial charge in [-0.3, -0.25) is 4.79 Å². The van der Waals surface area contributed by atoms with Crippen LogP contribution in [0.3, 0.4) is 0 Å². The molecule has 3 heterocycles. The maximum absolute atomic E-state index is 14.4. The molecular formula is C18H19F2N5O4S. The topological polar surface area (TPSA) is 98.7 Å². The molecule has 2 aromatic rings. The minimum absolute atomic E-state index is 0.0507. The zero-order valence-electron chi connectivity index (χ0n) is 16.1. The van der Waals surface area contributed by atoms with Gasteiger partial charge in [0, 0.05) is 20.2 Å². The van der Waals surface area contributed by atoms with Crippen molar-refractivity contribution in [3.8, 4) is 10.8 Å². The molecule has 4 fully saturated rings. The smallest absolute Gasteiger partial charge is 0.264 e. The number of methoxy groups -OCH3 is 1. The van der Waals surface area contributed by atoms with Gasteiger partial charge in [0.25, 0.3) is 11.9 Å². The number of hydrogen-bond donors (Lipinski definition) is 1. The summed E-state index contributed by atoms with van der Waals surface area (Å²) in [6, 6.07) is 0. The molecule has 3 aliphatic carbocycles. The summed E-state index contributed by atoms with van der Waals surface area (Å²) in [5, 5.41) is 3.14. The van der Waals surface area contributed by atoms with E-state index in [1.807, 2.05) is 0 Å². The summed E-state index contributed by atoms with van der Waals surface area (Å²) < 4.78 is 44.7. The third kappa shape index (κ3) is 3.19. The number of amides is 1.